The first-order valence-corrected chi connectivity index (χ1v) is 8.22. The van der Waals surface area contributed by atoms with Gasteiger partial charge in [-0.1, -0.05) is 23.2 Å². The van der Waals surface area contributed by atoms with Gasteiger partial charge in [-0.2, -0.15) is 0 Å². The van der Waals surface area contributed by atoms with Gasteiger partial charge in [0, 0.05) is 17.1 Å². The van der Waals surface area contributed by atoms with Gasteiger partial charge in [0.1, 0.15) is 4.90 Å². The summed E-state index contributed by atoms with van der Waals surface area (Å²) < 4.78 is 31.8. The molecule has 0 atom stereocenters. The minimum absolute atomic E-state index is 0.0274. The molecular weight excluding hydrogens is 325 g/mol. The number of benzene rings is 1. The average Bonchev–Trinajstić information content (AvgIpc) is 2.34. The number of hydrogen-bond donors (Lipinski definition) is 2. The molecular formula is C12H17Cl2NO4S. The summed E-state index contributed by atoms with van der Waals surface area (Å²) in [4.78, 5) is -0.114. The molecule has 8 heteroatoms. The van der Waals surface area contributed by atoms with E-state index in [0.29, 0.717) is 0 Å². The van der Waals surface area contributed by atoms with E-state index in [1.54, 1.807) is 0 Å². The Kier molecular flexibility index (Phi) is 6.71. The van der Waals surface area contributed by atoms with Crippen molar-refractivity contribution in [1.82, 2.24) is 4.72 Å². The first-order chi connectivity index (χ1) is 9.29. The number of aliphatic hydroxyl groups excluding tert-OH is 1. The highest BCUT2D eigenvalue weighted by molar-refractivity contribution is 7.89. The Morgan fingerprint density at radius 1 is 1.35 bits per heavy atom. The Labute approximate surface area is 128 Å². The largest absolute Gasteiger partial charge is 0.392 e. The fourth-order valence-electron chi connectivity index (χ4n) is 1.48. The van der Waals surface area contributed by atoms with Gasteiger partial charge >= 0.3 is 0 Å². The van der Waals surface area contributed by atoms with E-state index in [4.69, 9.17) is 33.0 Å². The molecule has 0 aliphatic heterocycles. The van der Waals surface area contributed by atoms with Crippen LogP contribution >= 0.6 is 23.2 Å². The smallest absolute Gasteiger partial charge is 0.242 e. The molecule has 1 aromatic carbocycles. The number of nitrogens with one attached hydrogen (secondary N) is 1. The number of hydrogen-bond acceptors (Lipinski definition) is 4. The van der Waals surface area contributed by atoms with E-state index in [9.17, 15) is 8.42 Å². The van der Waals surface area contributed by atoms with Crippen LogP contribution in [-0.4, -0.2) is 32.8 Å². The fraction of sp³-hybridized carbons (Fsp3) is 0.500. The van der Waals surface area contributed by atoms with Crippen molar-refractivity contribution < 1.29 is 18.3 Å². The van der Waals surface area contributed by atoms with E-state index in [2.05, 4.69) is 4.72 Å². The standard InChI is InChI=1S/C12H17Cl2NO4S/c1-8(2)19-6-5-15-20(17,18)11-4-3-10(13)9(7-16)12(11)14/h3-4,8,15-16H,5-7H2,1-2H3. The third-order valence-corrected chi connectivity index (χ3v) is 4.84. The van der Waals surface area contributed by atoms with Gasteiger partial charge in [-0.25, -0.2) is 13.1 Å². The van der Waals surface area contributed by atoms with Crippen molar-refractivity contribution in [2.24, 2.45) is 0 Å². The average molecular weight is 342 g/mol. The second-order valence-corrected chi connectivity index (χ2v) is 6.83. The molecule has 0 radical (unpaired) electrons. The molecule has 0 aromatic heterocycles. The van der Waals surface area contributed by atoms with E-state index < -0.39 is 16.6 Å². The lowest BCUT2D eigenvalue weighted by atomic mass is 10.2. The lowest BCUT2D eigenvalue weighted by Crippen LogP contribution is -2.28. The second kappa shape index (κ2) is 7.59. The van der Waals surface area contributed by atoms with Crippen molar-refractivity contribution in [1.29, 1.82) is 0 Å². The lowest BCUT2D eigenvalue weighted by Gasteiger charge is -2.12. The van der Waals surface area contributed by atoms with E-state index >= 15 is 0 Å². The molecule has 0 unspecified atom stereocenters. The van der Waals surface area contributed by atoms with Crippen molar-refractivity contribution in [2.45, 2.75) is 31.5 Å². The van der Waals surface area contributed by atoms with Crippen LogP contribution in [0.5, 0.6) is 0 Å². The molecule has 20 heavy (non-hydrogen) atoms. The van der Waals surface area contributed by atoms with E-state index in [1.807, 2.05) is 13.8 Å². The summed E-state index contributed by atoms with van der Waals surface area (Å²) in [5.74, 6) is 0. The van der Waals surface area contributed by atoms with Gasteiger partial charge in [0.2, 0.25) is 10.0 Å². The Morgan fingerprint density at radius 3 is 2.55 bits per heavy atom. The van der Waals surface area contributed by atoms with Crippen LogP contribution in [0.3, 0.4) is 0 Å². The highest BCUT2D eigenvalue weighted by Crippen LogP contribution is 2.30. The third kappa shape index (κ3) is 4.58. The molecule has 0 bridgehead atoms. The molecule has 0 spiro atoms. The summed E-state index contributed by atoms with van der Waals surface area (Å²) in [5.41, 5.74) is 0.189. The Balaban J connectivity index is 2.88. The molecule has 0 saturated heterocycles. The molecule has 0 heterocycles. The van der Waals surface area contributed by atoms with Crippen LogP contribution < -0.4 is 4.72 Å². The number of aliphatic hydroxyl groups is 1. The van der Waals surface area contributed by atoms with Gasteiger partial charge in [0.05, 0.1) is 24.3 Å². The SMILES string of the molecule is CC(C)OCCNS(=O)(=O)c1ccc(Cl)c(CO)c1Cl. The molecule has 5 nitrogen and oxygen atoms in total. The zero-order valence-electron chi connectivity index (χ0n) is 11.2. The predicted molar refractivity (Wildman–Crippen MR) is 78.7 cm³/mol. The summed E-state index contributed by atoms with van der Waals surface area (Å²) in [6.07, 6.45) is 0.0274. The second-order valence-electron chi connectivity index (χ2n) is 4.31. The molecule has 0 aliphatic carbocycles. The minimum atomic E-state index is -3.77. The van der Waals surface area contributed by atoms with Crippen molar-refractivity contribution in [3.05, 3.63) is 27.7 Å². The molecule has 0 aliphatic rings. The van der Waals surface area contributed by atoms with Crippen LogP contribution in [0.15, 0.2) is 17.0 Å². The van der Waals surface area contributed by atoms with Gasteiger partial charge < -0.3 is 9.84 Å². The van der Waals surface area contributed by atoms with Crippen LogP contribution in [0.25, 0.3) is 0 Å². The van der Waals surface area contributed by atoms with Crippen molar-refractivity contribution in [3.8, 4) is 0 Å². The van der Waals surface area contributed by atoms with Crippen molar-refractivity contribution in [3.63, 3.8) is 0 Å². The number of ether oxygens (including phenoxy) is 1. The van der Waals surface area contributed by atoms with E-state index in [-0.39, 0.29) is 39.8 Å². The Bertz CT molecular complexity index is 561. The van der Waals surface area contributed by atoms with Gasteiger partial charge in [-0.15, -0.1) is 0 Å². The monoisotopic (exact) mass is 341 g/mol. The maximum absolute atomic E-state index is 12.1. The van der Waals surface area contributed by atoms with Crippen LogP contribution in [-0.2, 0) is 21.4 Å². The highest BCUT2D eigenvalue weighted by atomic mass is 35.5. The van der Waals surface area contributed by atoms with Gasteiger partial charge in [0.15, 0.2) is 0 Å². The maximum Gasteiger partial charge on any atom is 0.242 e. The molecule has 0 amide bonds. The quantitative estimate of drug-likeness (QED) is 0.745. The minimum Gasteiger partial charge on any atom is -0.392 e. The lowest BCUT2D eigenvalue weighted by molar-refractivity contribution is 0.0834. The zero-order chi connectivity index (χ0) is 15.3. The number of halogens is 2. The van der Waals surface area contributed by atoms with Crippen molar-refractivity contribution >= 4 is 33.2 Å². The molecule has 1 rings (SSSR count). The summed E-state index contributed by atoms with van der Waals surface area (Å²) in [5, 5.41) is 9.31. The van der Waals surface area contributed by atoms with Crippen molar-refractivity contribution in [2.75, 3.05) is 13.2 Å². The summed E-state index contributed by atoms with van der Waals surface area (Å²) in [6.45, 7) is 3.68. The van der Waals surface area contributed by atoms with E-state index in [0.717, 1.165) is 0 Å². The number of rotatable bonds is 7. The van der Waals surface area contributed by atoms with E-state index in [1.165, 1.54) is 12.1 Å². The topological polar surface area (TPSA) is 75.6 Å². The molecule has 0 fully saturated rings. The normalized spacial score (nSPS) is 12.1. The summed E-state index contributed by atoms with van der Waals surface area (Å²) >= 11 is 11.8. The first kappa shape index (κ1) is 17.7. The van der Waals surface area contributed by atoms with Crippen LogP contribution in [0.4, 0.5) is 0 Å². The van der Waals surface area contributed by atoms with Gasteiger partial charge in [-0.3, -0.25) is 0 Å². The first-order valence-electron chi connectivity index (χ1n) is 5.98. The Morgan fingerprint density at radius 2 is 2.00 bits per heavy atom. The van der Waals surface area contributed by atoms with Crippen LogP contribution in [0.2, 0.25) is 10.0 Å². The van der Waals surface area contributed by atoms with Gasteiger partial charge in [0.25, 0.3) is 0 Å². The summed E-state index contributed by atoms with van der Waals surface area (Å²) in [7, 11) is -3.77. The van der Waals surface area contributed by atoms with Crippen LogP contribution in [0.1, 0.15) is 19.4 Å². The molecule has 0 saturated carbocycles. The fourth-order valence-corrected chi connectivity index (χ4v) is 3.39. The molecule has 2 N–H and O–H groups in total. The zero-order valence-corrected chi connectivity index (χ0v) is 13.5. The van der Waals surface area contributed by atoms with Crippen LogP contribution in [0, 0.1) is 0 Å². The third-order valence-electron chi connectivity index (χ3n) is 2.44. The highest BCUT2D eigenvalue weighted by Gasteiger charge is 2.21. The number of sulfonamides is 1. The van der Waals surface area contributed by atoms with Gasteiger partial charge in [-0.05, 0) is 26.0 Å². The molecule has 114 valence electrons. The maximum atomic E-state index is 12.1. The summed E-state index contributed by atoms with van der Waals surface area (Å²) in [6, 6.07) is 2.69. The molecule has 1 aromatic rings. The predicted octanol–water partition coefficient (Wildman–Crippen LogP) is 2.19. The Hall–Kier alpha value is -0.370.